The zero-order valence-corrected chi connectivity index (χ0v) is 19.3. The maximum atomic E-state index is 15.0. The summed E-state index contributed by atoms with van der Waals surface area (Å²) in [5, 5.41) is 0. The average molecular weight is 500 g/mol. The van der Waals surface area contributed by atoms with Crippen molar-refractivity contribution < 1.29 is 30.8 Å². The molecular formula is C23H25F4N3O3S. The topological polar surface area (TPSA) is 60.9 Å². The molecule has 2 unspecified atom stereocenters. The van der Waals surface area contributed by atoms with E-state index in [-0.39, 0.29) is 27.9 Å². The molecule has 4 rings (SSSR count). The molecule has 2 fully saturated rings. The Morgan fingerprint density at radius 1 is 1.09 bits per heavy atom. The van der Waals surface area contributed by atoms with Crippen molar-refractivity contribution in [2.45, 2.75) is 43.9 Å². The molecule has 2 aliphatic heterocycles. The van der Waals surface area contributed by atoms with Gasteiger partial charge in [0.25, 0.3) is 0 Å². The molecule has 2 aromatic carbocycles. The maximum Gasteiger partial charge on any atom is 0.402 e. The first-order chi connectivity index (χ1) is 15.9. The van der Waals surface area contributed by atoms with E-state index in [4.69, 9.17) is 0 Å². The van der Waals surface area contributed by atoms with Crippen molar-refractivity contribution in [3.8, 4) is 0 Å². The van der Waals surface area contributed by atoms with Gasteiger partial charge in [-0.25, -0.2) is 12.8 Å². The van der Waals surface area contributed by atoms with Gasteiger partial charge in [0, 0.05) is 43.9 Å². The Bertz CT molecular complexity index is 1160. The number of carbonyl (C=O) groups excluding carboxylic acids is 1. The van der Waals surface area contributed by atoms with Crippen molar-refractivity contribution in [1.29, 1.82) is 0 Å². The smallest absolute Gasteiger partial charge is 0.365 e. The van der Waals surface area contributed by atoms with E-state index in [1.165, 1.54) is 31.2 Å². The average Bonchev–Trinajstić information content (AvgIpc) is 3.35. The number of amides is 1. The summed E-state index contributed by atoms with van der Waals surface area (Å²) in [6.07, 6.45) is -4.00. The number of fused-ring (bicyclic) bond motifs is 2. The zero-order chi connectivity index (χ0) is 24.7. The van der Waals surface area contributed by atoms with Crippen molar-refractivity contribution >= 4 is 21.6 Å². The number of rotatable bonds is 7. The SMILES string of the molecule is CC(=O)N1CC2CC1CN2c1ccc(CN(CC(F)(F)F)S(=O)(=O)Cc2ccccc2)c(F)c1. The second kappa shape index (κ2) is 9.18. The van der Waals surface area contributed by atoms with Crippen molar-refractivity contribution in [2.24, 2.45) is 0 Å². The third-order valence-electron chi connectivity index (χ3n) is 6.30. The maximum absolute atomic E-state index is 15.0. The number of hydrogen-bond acceptors (Lipinski definition) is 4. The molecule has 0 spiro atoms. The molecule has 2 aromatic rings. The number of likely N-dealkylation sites (tertiary alicyclic amines) is 1. The molecule has 184 valence electrons. The summed E-state index contributed by atoms with van der Waals surface area (Å²) in [5.41, 5.74) is 0.764. The van der Waals surface area contributed by atoms with Crippen LogP contribution in [0.1, 0.15) is 24.5 Å². The fraction of sp³-hybridized carbons (Fsp3) is 0.435. The van der Waals surface area contributed by atoms with E-state index in [1.807, 2.05) is 4.90 Å². The van der Waals surface area contributed by atoms with Crippen molar-refractivity contribution in [3.63, 3.8) is 0 Å². The van der Waals surface area contributed by atoms with Crippen LogP contribution in [0.2, 0.25) is 0 Å². The minimum Gasteiger partial charge on any atom is -0.365 e. The van der Waals surface area contributed by atoms with Crippen LogP contribution in [0.25, 0.3) is 0 Å². The molecule has 0 saturated carbocycles. The van der Waals surface area contributed by atoms with Gasteiger partial charge in [0.15, 0.2) is 0 Å². The molecule has 1 amide bonds. The Balaban J connectivity index is 1.52. The van der Waals surface area contributed by atoms with Gasteiger partial charge in [-0.05, 0) is 24.1 Å². The van der Waals surface area contributed by atoms with Crippen LogP contribution in [0.5, 0.6) is 0 Å². The quantitative estimate of drug-likeness (QED) is 0.547. The summed E-state index contributed by atoms with van der Waals surface area (Å²) in [6, 6.07) is 12.1. The van der Waals surface area contributed by atoms with Crippen molar-refractivity contribution in [2.75, 3.05) is 24.5 Å². The van der Waals surface area contributed by atoms with E-state index < -0.39 is 40.9 Å². The summed E-state index contributed by atoms with van der Waals surface area (Å²) in [6.45, 7) is 0.165. The number of carbonyl (C=O) groups is 1. The number of nitrogens with zero attached hydrogens (tertiary/aromatic N) is 3. The van der Waals surface area contributed by atoms with Gasteiger partial charge in [-0.15, -0.1) is 0 Å². The van der Waals surface area contributed by atoms with Crippen LogP contribution in [0.15, 0.2) is 48.5 Å². The highest BCUT2D eigenvalue weighted by molar-refractivity contribution is 7.88. The standard InChI is InChI=1S/C23H25F4N3O3S/c1-16(31)29-12-21-9-20(29)13-30(21)19-8-7-18(22(24)10-19)11-28(15-23(25,26)27)34(32,33)14-17-5-3-2-4-6-17/h2-8,10,20-21H,9,11-15H2,1H3. The van der Waals surface area contributed by atoms with Crippen LogP contribution in [-0.4, -0.2) is 61.4 Å². The van der Waals surface area contributed by atoms with Crippen LogP contribution in [0.4, 0.5) is 23.2 Å². The Hall–Kier alpha value is -2.66. The van der Waals surface area contributed by atoms with Crippen LogP contribution >= 0.6 is 0 Å². The van der Waals surface area contributed by atoms with Crippen LogP contribution < -0.4 is 4.90 Å². The van der Waals surface area contributed by atoms with Gasteiger partial charge in [-0.3, -0.25) is 4.79 Å². The van der Waals surface area contributed by atoms with Crippen LogP contribution in [0.3, 0.4) is 0 Å². The molecule has 0 radical (unpaired) electrons. The number of benzene rings is 2. The molecule has 0 aliphatic carbocycles. The molecule has 6 nitrogen and oxygen atoms in total. The number of sulfonamides is 1. The molecule has 11 heteroatoms. The lowest BCUT2D eigenvalue weighted by molar-refractivity contribution is -0.137. The lowest BCUT2D eigenvalue weighted by Gasteiger charge is -2.35. The molecule has 2 aliphatic rings. The van der Waals surface area contributed by atoms with Crippen LogP contribution in [-0.2, 0) is 27.1 Å². The molecule has 34 heavy (non-hydrogen) atoms. The normalized spacial score (nSPS) is 20.4. The zero-order valence-electron chi connectivity index (χ0n) is 18.5. The van der Waals surface area contributed by atoms with Crippen molar-refractivity contribution in [3.05, 3.63) is 65.5 Å². The van der Waals surface area contributed by atoms with Crippen molar-refractivity contribution in [1.82, 2.24) is 9.21 Å². The second-order valence-electron chi connectivity index (χ2n) is 8.77. The molecular weight excluding hydrogens is 474 g/mol. The third-order valence-corrected chi connectivity index (χ3v) is 8.04. The van der Waals surface area contributed by atoms with E-state index in [1.54, 1.807) is 29.2 Å². The minimum absolute atomic E-state index is 0.00449. The first-order valence-corrected chi connectivity index (χ1v) is 12.4. The number of hydrogen-bond donors (Lipinski definition) is 0. The predicted molar refractivity (Wildman–Crippen MR) is 119 cm³/mol. The van der Waals surface area contributed by atoms with Gasteiger partial charge >= 0.3 is 6.18 Å². The minimum atomic E-state index is -4.78. The Labute approximate surface area is 195 Å². The van der Waals surface area contributed by atoms with Gasteiger partial charge in [0.1, 0.15) is 12.4 Å². The van der Waals surface area contributed by atoms with E-state index in [0.717, 1.165) is 6.42 Å². The fourth-order valence-electron chi connectivity index (χ4n) is 4.73. The molecule has 0 aromatic heterocycles. The van der Waals surface area contributed by atoms with E-state index in [9.17, 15) is 30.8 Å². The predicted octanol–water partition coefficient (Wildman–Crippen LogP) is 3.53. The fourth-order valence-corrected chi connectivity index (χ4v) is 6.21. The van der Waals surface area contributed by atoms with Crippen LogP contribution in [0, 0.1) is 5.82 Å². The summed E-state index contributed by atoms with van der Waals surface area (Å²) in [4.78, 5) is 15.5. The highest BCUT2D eigenvalue weighted by atomic mass is 32.2. The lowest BCUT2D eigenvalue weighted by Crippen LogP contribution is -2.48. The summed E-state index contributed by atoms with van der Waals surface area (Å²) in [5.74, 6) is -1.39. The van der Waals surface area contributed by atoms with Gasteiger partial charge in [0.05, 0.1) is 11.8 Å². The summed E-state index contributed by atoms with van der Waals surface area (Å²) < 4.78 is 80.4. The molecule has 2 atom stereocenters. The first kappa shape index (κ1) is 24.5. The third kappa shape index (κ3) is 5.35. The number of anilines is 1. The second-order valence-corrected chi connectivity index (χ2v) is 10.7. The number of halogens is 4. The molecule has 2 heterocycles. The largest absolute Gasteiger partial charge is 0.402 e. The molecule has 0 N–H and O–H groups in total. The summed E-state index contributed by atoms with van der Waals surface area (Å²) in [7, 11) is -4.37. The highest BCUT2D eigenvalue weighted by Crippen LogP contribution is 2.35. The molecule has 2 bridgehead atoms. The van der Waals surface area contributed by atoms with Gasteiger partial charge in [-0.1, -0.05) is 36.4 Å². The Kier molecular flexibility index (Phi) is 6.61. The van der Waals surface area contributed by atoms with Gasteiger partial charge in [0.2, 0.25) is 15.9 Å². The summed E-state index contributed by atoms with van der Waals surface area (Å²) >= 11 is 0. The molecule has 2 saturated heterocycles. The van der Waals surface area contributed by atoms with Gasteiger partial charge < -0.3 is 9.80 Å². The Morgan fingerprint density at radius 3 is 2.35 bits per heavy atom. The van der Waals surface area contributed by atoms with E-state index >= 15 is 0 Å². The number of piperazine rings is 1. The Morgan fingerprint density at radius 2 is 1.79 bits per heavy atom. The van der Waals surface area contributed by atoms with Gasteiger partial charge in [-0.2, -0.15) is 17.5 Å². The lowest BCUT2D eigenvalue weighted by atomic mass is 10.1. The highest BCUT2D eigenvalue weighted by Gasteiger charge is 2.44. The van der Waals surface area contributed by atoms with E-state index in [2.05, 4.69) is 0 Å². The number of alkyl halides is 3. The van der Waals surface area contributed by atoms with E-state index in [0.29, 0.717) is 24.3 Å². The monoisotopic (exact) mass is 499 g/mol. The first-order valence-electron chi connectivity index (χ1n) is 10.8.